The molecule has 0 saturated carbocycles. The Bertz CT molecular complexity index is 1020. The summed E-state index contributed by atoms with van der Waals surface area (Å²) in [5, 5.41) is 10.6. The van der Waals surface area contributed by atoms with Crippen molar-refractivity contribution in [1.29, 1.82) is 0 Å². The van der Waals surface area contributed by atoms with Gasteiger partial charge in [0.05, 0.1) is 21.2 Å². The summed E-state index contributed by atoms with van der Waals surface area (Å²) in [6.07, 6.45) is 0.102. The van der Waals surface area contributed by atoms with Crippen molar-refractivity contribution in [3.05, 3.63) is 54.1 Å². The lowest BCUT2D eigenvalue weighted by molar-refractivity contribution is -0.158. The van der Waals surface area contributed by atoms with Crippen molar-refractivity contribution in [1.82, 2.24) is 4.90 Å². The van der Waals surface area contributed by atoms with Crippen molar-refractivity contribution in [3.8, 4) is 5.75 Å². The number of rotatable bonds is 3. The quantitative estimate of drug-likeness (QED) is 0.855. The Balaban J connectivity index is 1.81. The van der Waals surface area contributed by atoms with Gasteiger partial charge < -0.3 is 14.7 Å². The van der Waals surface area contributed by atoms with Gasteiger partial charge in [-0.25, -0.2) is 8.42 Å². The van der Waals surface area contributed by atoms with Crippen LogP contribution >= 0.6 is 0 Å². The summed E-state index contributed by atoms with van der Waals surface area (Å²) in [5.41, 5.74) is -0.00938. The van der Waals surface area contributed by atoms with Crippen molar-refractivity contribution in [2.45, 2.75) is 48.8 Å². The molecule has 1 amide bonds. The SMILES string of the molecule is CC1(C)C(O)Oc2cc(S(=O)(=O)c3ccccc3)ccc2C1N1CCCC1=O. The van der Waals surface area contributed by atoms with Gasteiger partial charge in [0.2, 0.25) is 22.0 Å². The zero-order valence-corrected chi connectivity index (χ0v) is 16.6. The average Bonchev–Trinajstić information content (AvgIpc) is 3.08. The second kappa shape index (κ2) is 6.60. The molecule has 2 aromatic rings. The molecule has 0 radical (unpaired) electrons. The Kier molecular flexibility index (Phi) is 4.47. The van der Waals surface area contributed by atoms with Crippen LogP contribution in [0.25, 0.3) is 0 Å². The number of sulfone groups is 1. The molecule has 7 heteroatoms. The van der Waals surface area contributed by atoms with E-state index >= 15 is 0 Å². The maximum atomic E-state index is 12.9. The van der Waals surface area contributed by atoms with Crippen LogP contribution in [0.5, 0.6) is 5.75 Å². The highest BCUT2D eigenvalue weighted by Crippen LogP contribution is 2.50. The number of aliphatic hydroxyl groups is 1. The number of benzene rings is 2. The second-order valence-corrected chi connectivity index (χ2v) is 9.85. The zero-order valence-electron chi connectivity index (χ0n) is 15.8. The molecule has 2 aromatic carbocycles. The Hall–Kier alpha value is -2.38. The van der Waals surface area contributed by atoms with Crippen molar-refractivity contribution >= 4 is 15.7 Å². The molecule has 0 aliphatic carbocycles. The first kappa shape index (κ1) is 19.0. The van der Waals surface area contributed by atoms with E-state index in [0.29, 0.717) is 18.7 Å². The summed E-state index contributed by atoms with van der Waals surface area (Å²) >= 11 is 0. The first-order valence-corrected chi connectivity index (χ1v) is 10.8. The first-order valence-electron chi connectivity index (χ1n) is 9.31. The van der Waals surface area contributed by atoms with Crippen molar-refractivity contribution in [2.24, 2.45) is 5.41 Å². The van der Waals surface area contributed by atoms with Gasteiger partial charge in [-0.2, -0.15) is 0 Å². The normalized spacial score (nSPS) is 24.0. The van der Waals surface area contributed by atoms with E-state index in [-0.39, 0.29) is 21.7 Å². The lowest BCUT2D eigenvalue weighted by Crippen LogP contribution is -2.50. The van der Waals surface area contributed by atoms with Crippen LogP contribution in [0.1, 0.15) is 38.3 Å². The minimum absolute atomic E-state index is 0.0408. The Morgan fingerprint density at radius 3 is 2.46 bits per heavy atom. The van der Waals surface area contributed by atoms with Crippen LogP contribution in [0, 0.1) is 5.41 Å². The predicted octanol–water partition coefficient (Wildman–Crippen LogP) is 2.92. The number of likely N-dealkylation sites (tertiary alicyclic amines) is 1. The molecule has 6 nitrogen and oxygen atoms in total. The largest absolute Gasteiger partial charge is 0.464 e. The van der Waals surface area contributed by atoms with Gasteiger partial charge in [-0.05, 0) is 30.7 Å². The zero-order chi connectivity index (χ0) is 20.1. The highest BCUT2D eigenvalue weighted by atomic mass is 32.2. The van der Waals surface area contributed by atoms with E-state index in [0.717, 1.165) is 12.0 Å². The van der Waals surface area contributed by atoms with Crippen LogP contribution in [-0.4, -0.2) is 37.2 Å². The maximum Gasteiger partial charge on any atom is 0.223 e. The molecule has 2 aliphatic heterocycles. The monoisotopic (exact) mass is 401 g/mol. The minimum atomic E-state index is -3.71. The summed E-state index contributed by atoms with van der Waals surface area (Å²) in [5.74, 6) is 0.340. The fraction of sp³-hybridized carbons (Fsp3) is 0.381. The fourth-order valence-corrected chi connectivity index (χ4v) is 5.36. The number of carbonyl (C=O) groups is 1. The number of fused-ring (bicyclic) bond motifs is 1. The second-order valence-electron chi connectivity index (χ2n) is 7.90. The van der Waals surface area contributed by atoms with E-state index in [4.69, 9.17) is 4.74 Å². The topological polar surface area (TPSA) is 83.9 Å². The summed E-state index contributed by atoms with van der Waals surface area (Å²) in [4.78, 5) is 14.5. The van der Waals surface area contributed by atoms with E-state index in [1.54, 1.807) is 47.4 Å². The standard InChI is InChI=1S/C21H23NO5S/c1-21(2)19(22-12-6-9-18(22)23)16-11-10-15(13-17(16)27-20(21)24)28(25,26)14-7-4-3-5-8-14/h3-5,7-8,10-11,13,19-20,24H,6,9,12H2,1-2H3. The lowest BCUT2D eigenvalue weighted by Gasteiger charge is -2.47. The van der Waals surface area contributed by atoms with Crippen LogP contribution in [0.4, 0.5) is 0 Å². The summed E-state index contributed by atoms with van der Waals surface area (Å²) in [7, 11) is -3.71. The minimum Gasteiger partial charge on any atom is -0.464 e. The van der Waals surface area contributed by atoms with E-state index in [2.05, 4.69) is 0 Å². The van der Waals surface area contributed by atoms with Crippen molar-refractivity contribution in [3.63, 3.8) is 0 Å². The van der Waals surface area contributed by atoms with Crippen molar-refractivity contribution in [2.75, 3.05) is 6.54 Å². The van der Waals surface area contributed by atoms with Gasteiger partial charge in [0, 0.05) is 18.5 Å². The average molecular weight is 401 g/mol. The molecule has 0 spiro atoms. The third-order valence-electron chi connectivity index (χ3n) is 5.64. The number of ether oxygens (including phenoxy) is 1. The molecule has 2 unspecified atom stereocenters. The van der Waals surface area contributed by atoms with Crippen molar-refractivity contribution < 1.29 is 23.1 Å². The van der Waals surface area contributed by atoms with E-state index < -0.39 is 21.5 Å². The highest BCUT2D eigenvalue weighted by Gasteiger charge is 2.49. The molecule has 1 fully saturated rings. The number of carbonyl (C=O) groups excluding carboxylic acids is 1. The summed E-state index contributed by atoms with van der Waals surface area (Å²) < 4.78 is 31.6. The Labute approximate surface area is 164 Å². The molecule has 2 aliphatic rings. The maximum absolute atomic E-state index is 12.9. The molecule has 28 heavy (non-hydrogen) atoms. The van der Waals surface area contributed by atoms with E-state index in [9.17, 15) is 18.3 Å². The van der Waals surface area contributed by atoms with Gasteiger partial charge in [-0.3, -0.25) is 4.79 Å². The molecule has 0 bridgehead atoms. The van der Waals surface area contributed by atoms with Crippen LogP contribution in [0.2, 0.25) is 0 Å². The van der Waals surface area contributed by atoms with Gasteiger partial charge in [0.25, 0.3) is 0 Å². The van der Waals surface area contributed by atoms with Crippen LogP contribution in [-0.2, 0) is 14.6 Å². The molecule has 1 saturated heterocycles. The van der Waals surface area contributed by atoms with Crippen LogP contribution < -0.4 is 4.74 Å². The van der Waals surface area contributed by atoms with Gasteiger partial charge in [0.1, 0.15) is 5.75 Å². The van der Waals surface area contributed by atoms with E-state index in [1.165, 1.54) is 6.07 Å². The number of aliphatic hydroxyl groups excluding tert-OH is 1. The van der Waals surface area contributed by atoms with Gasteiger partial charge in [-0.15, -0.1) is 0 Å². The Morgan fingerprint density at radius 1 is 1.11 bits per heavy atom. The van der Waals surface area contributed by atoms with Crippen LogP contribution in [0.15, 0.2) is 58.3 Å². The lowest BCUT2D eigenvalue weighted by atomic mass is 9.76. The summed E-state index contributed by atoms with van der Waals surface area (Å²) in [6.45, 7) is 4.32. The number of hydrogen-bond donors (Lipinski definition) is 1. The molecular weight excluding hydrogens is 378 g/mol. The van der Waals surface area contributed by atoms with Gasteiger partial charge in [-0.1, -0.05) is 38.1 Å². The smallest absolute Gasteiger partial charge is 0.223 e. The molecule has 1 N–H and O–H groups in total. The Morgan fingerprint density at radius 2 is 1.82 bits per heavy atom. The van der Waals surface area contributed by atoms with Crippen LogP contribution in [0.3, 0.4) is 0 Å². The van der Waals surface area contributed by atoms with E-state index in [1.807, 2.05) is 13.8 Å². The van der Waals surface area contributed by atoms with Gasteiger partial charge in [0.15, 0.2) is 0 Å². The molecule has 0 aromatic heterocycles. The fourth-order valence-electron chi connectivity index (χ4n) is 4.07. The van der Waals surface area contributed by atoms with Gasteiger partial charge >= 0.3 is 0 Å². The molecule has 2 atom stereocenters. The molecule has 148 valence electrons. The third kappa shape index (κ3) is 2.89. The molecule has 4 rings (SSSR count). The summed E-state index contributed by atoms with van der Waals surface area (Å²) in [6, 6.07) is 12.5. The number of amides is 1. The predicted molar refractivity (Wildman–Crippen MR) is 102 cm³/mol. The number of nitrogens with zero attached hydrogens (tertiary/aromatic N) is 1. The molecule has 2 heterocycles. The highest BCUT2D eigenvalue weighted by molar-refractivity contribution is 7.91. The number of hydrogen-bond acceptors (Lipinski definition) is 5. The first-order chi connectivity index (χ1) is 13.2. The molecular formula is C21H23NO5S. The third-order valence-corrected chi connectivity index (χ3v) is 7.41.